The van der Waals surface area contributed by atoms with Crippen LogP contribution in [0.2, 0.25) is 0 Å². The van der Waals surface area contributed by atoms with Gasteiger partial charge in [-0.1, -0.05) is 44.2 Å². The van der Waals surface area contributed by atoms with Gasteiger partial charge in [0.2, 0.25) is 12.0 Å². The maximum Gasteiger partial charge on any atom is 0.373 e. The lowest BCUT2D eigenvalue weighted by Crippen LogP contribution is -2.28. The first-order valence-corrected chi connectivity index (χ1v) is 7.23. The quantitative estimate of drug-likeness (QED) is 0.781. The Labute approximate surface area is 125 Å². The average Bonchev–Trinajstić information content (AvgIpc) is 2.52. The van der Waals surface area contributed by atoms with Gasteiger partial charge in [0.15, 0.2) is 0 Å². The normalized spacial score (nSPS) is 21.6. The summed E-state index contributed by atoms with van der Waals surface area (Å²) in [6, 6.07) is 10.0. The first-order chi connectivity index (χ1) is 10.1. The number of allylic oxidation sites excluding steroid dienone is 1. The highest BCUT2D eigenvalue weighted by molar-refractivity contribution is 5.86. The van der Waals surface area contributed by atoms with Crippen LogP contribution in [0.25, 0.3) is 0 Å². The van der Waals surface area contributed by atoms with E-state index in [0.29, 0.717) is 18.9 Å². The Balaban J connectivity index is 2.16. The molecule has 4 heteroatoms. The Morgan fingerprint density at radius 1 is 1.33 bits per heavy atom. The molecule has 4 nitrogen and oxygen atoms in total. The molecule has 0 radical (unpaired) electrons. The van der Waals surface area contributed by atoms with E-state index in [1.807, 2.05) is 36.4 Å². The molecule has 0 fully saturated rings. The lowest BCUT2D eigenvalue weighted by atomic mass is 9.93. The predicted octanol–water partition coefficient (Wildman–Crippen LogP) is 3.25. The molecule has 0 aliphatic carbocycles. The number of benzene rings is 1. The highest BCUT2D eigenvalue weighted by Gasteiger charge is 2.29. The van der Waals surface area contributed by atoms with E-state index in [2.05, 4.69) is 13.8 Å². The van der Waals surface area contributed by atoms with Gasteiger partial charge in [-0.25, -0.2) is 4.79 Å². The Bertz CT molecular complexity index is 493. The fourth-order valence-corrected chi connectivity index (χ4v) is 2.24. The van der Waals surface area contributed by atoms with E-state index in [-0.39, 0.29) is 11.7 Å². The molecule has 0 bridgehead atoms. The van der Waals surface area contributed by atoms with Crippen molar-refractivity contribution in [3.05, 3.63) is 47.7 Å². The van der Waals surface area contributed by atoms with Crippen LogP contribution in [-0.2, 0) is 19.0 Å². The molecule has 1 heterocycles. The lowest BCUT2D eigenvalue weighted by Gasteiger charge is -2.29. The molecule has 0 saturated heterocycles. The molecule has 114 valence electrons. The van der Waals surface area contributed by atoms with Crippen LogP contribution in [-0.4, -0.2) is 26.0 Å². The van der Waals surface area contributed by atoms with Gasteiger partial charge in [-0.2, -0.15) is 0 Å². The van der Waals surface area contributed by atoms with Gasteiger partial charge in [-0.15, -0.1) is 0 Å². The molecule has 0 aromatic heterocycles. The van der Waals surface area contributed by atoms with Crippen molar-refractivity contribution in [1.82, 2.24) is 0 Å². The molecule has 1 unspecified atom stereocenters. The Hall–Kier alpha value is -1.81. The molecule has 1 aliphatic heterocycles. The van der Waals surface area contributed by atoms with Crippen molar-refractivity contribution in [3.63, 3.8) is 0 Å². The monoisotopic (exact) mass is 290 g/mol. The zero-order valence-corrected chi connectivity index (χ0v) is 12.7. The van der Waals surface area contributed by atoms with Gasteiger partial charge in [0.25, 0.3) is 0 Å². The predicted molar refractivity (Wildman–Crippen MR) is 79.6 cm³/mol. The minimum atomic E-state index is -0.464. The first kappa shape index (κ1) is 15.6. The third-order valence-corrected chi connectivity index (χ3v) is 3.29. The molecule has 2 rings (SSSR count). The molecule has 1 aromatic carbocycles. The van der Waals surface area contributed by atoms with E-state index in [0.717, 1.165) is 5.56 Å². The van der Waals surface area contributed by atoms with Crippen LogP contribution in [0.5, 0.6) is 0 Å². The first-order valence-electron chi connectivity index (χ1n) is 7.23. The smallest absolute Gasteiger partial charge is 0.373 e. The van der Waals surface area contributed by atoms with Crippen LogP contribution in [0.3, 0.4) is 0 Å². The van der Waals surface area contributed by atoms with Crippen LogP contribution in [0.4, 0.5) is 0 Å². The standard InChI is InChI=1S/C17H22O4/c1-12(2)11-20-16-10-14(13-7-5-4-6-8-13)9-15(21-16)17(18)19-3/h4-9,12,14,16H,10-11H2,1-3H3/t14?,16-/m0/s1. The van der Waals surface area contributed by atoms with Crippen molar-refractivity contribution >= 4 is 5.97 Å². The molecule has 2 atom stereocenters. The number of carbonyl (C=O) groups is 1. The van der Waals surface area contributed by atoms with E-state index in [1.54, 1.807) is 0 Å². The van der Waals surface area contributed by atoms with Crippen LogP contribution in [0, 0.1) is 5.92 Å². The Morgan fingerprint density at radius 3 is 2.67 bits per heavy atom. The van der Waals surface area contributed by atoms with Gasteiger partial charge in [-0.05, 0) is 17.6 Å². The van der Waals surface area contributed by atoms with Crippen LogP contribution in [0.15, 0.2) is 42.2 Å². The van der Waals surface area contributed by atoms with Gasteiger partial charge < -0.3 is 14.2 Å². The number of carbonyl (C=O) groups excluding carboxylic acids is 1. The Morgan fingerprint density at radius 2 is 2.05 bits per heavy atom. The summed E-state index contributed by atoms with van der Waals surface area (Å²) in [6.07, 6.45) is 2.09. The largest absolute Gasteiger partial charge is 0.463 e. The maximum absolute atomic E-state index is 11.8. The third-order valence-electron chi connectivity index (χ3n) is 3.29. The van der Waals surface area contributed by atoms with Gasteiger partial charge in [0.05, 0.1) is 13.7 Å². The van der Waals surface area contributed by atoms with E-state index < -0.39 is 12.3 Å². The topological polar surface area (TPSA) is 44.8 Å². The molecule has 0 N–H and O–H groups in total. The van der Waals surface area contributed by atoms with Crippen LogP contribution in [0.1, 0.15) is 31.7 Å². The van der Waals surface area contributed by atoms with Crippen LogP contribution < -0.4 is 0 Å². The van der Waals surface area contributed by atoms with Crippen molar-refractivity contribution in [3.8, 4) is 0 Å². The number of methoxy groups -OCH3 is 1. The third kappa shape index (κ3) is 4.33. The molecule has 1 aromatic rings. The highest BCUT2D eigenvalue weighted by atomic mass is 16.7. The molecule has 1 aliphatic rings. The highest BCUT2D eigenvalue weighted by Crippen LogP contribution is 2.31. The lowest BCUT2D eigenvalue weighted by molar-refractivity contribution is -0.161. The Kier molecular flexibility index (Phi) is 5.39. The number of hydrogen-bond acceptors (Lipinski definition) is 4. The molecule has 0 spiro atoms. The number of rotatable bonds is 5. The van der Waals surface area contributed by atoms with Gasteiger partial charge in [-0.3, -0.25) is 0 Å². The molecule has 0 saturated carbocycles. The number of ether oxygens (including phenoxy) is 3. The molecular weight excluding hydrogens is 268 g/mol. The maximum atomic E-state index is 11.8. The van der Waals surface area contributed by atoms with Crippen molar-refractivity contribution in [2.75, 3.05) is 13.7 Å². The fraction of sp³-hybridized carbons (Fsp3) is 0.471. The average molecular weight is 290 g/mol. The van der Waals surface area contributed by atoms with E-state index >= 15 is 0 Å². The summed E-state index contributed by atoms with van der Waals surface area (Å²) in [5.74, 6) is 0.266. The summed E-state index contributed by atoms with van der Waals surface area (Å²) in [5.41, 5.74) is 1.14. The number of hydrogen-bond donors (Lipinski definition) is 0. The second kappa shape index (κ2) is 7.27. The number of esters is 1. The minimum Gasteiger partial charge on any atom is -0.463 e. The summed E-state index contributed by atoms with van der Waals surface area (Å²) in [7, 11) is 1.35. The summed E-state index contributed by atoms with van der Waals surface area (Å²) >= 11 is 0. The summed E-state index contributed by atoms with van der Waals surface area (Å²) < 4.78 is 16.1. The van der Waals surface area contributed by atoms with Gasteiger partial charge >= 0.3 is 5.97 Å². The molecule has 21 heavy (non-hydrogen) atoms. The van der Waals surface area contributed by atoms with E-state index in [9.17, 15) is 4.79 Å². The summed E-state index contributed by atoms with van der Waals surface area (Å²) in [5, 5.41) is 0. The second-order valence-corrected chi connectivity index (χ2v) is 5.55. The fourth-order valence-electron chi connectivity index (χ4n) is 2.24. The SMILES string of the molecule is COC(=O)C1=CC(c2ccccc2)C[C@@H](OCC(C)C)O1. The zero-order chi connectivity index (χ0) is 15.2. The van der Waals surface area contributed by atoms with Gasteiger partial charge in [0, 0.05) is 12.3 Å². The van der Waals surface area contributed by atoms with Crippen LogP contribution >= 0.6 is 0 Å². The van der Waals surface area contributed by atoms with Gasteiger partial charge in [0.1, 0.15) is 0 Å². The van der Waals surface area contributed by atoms with Crippen molar-refractivity contribution in [2.24, 2.45) is 5.92 Å². The van der Waals surface area contributed by atoms with E-state index in [1.165, 1.54) is 7.11 Å². The molecular formula is C17H22O4. The van der Waals surface area contributed by atoms with Crippen molar-refractivity contribution < 1.29 is 19.0 Å². The molecule has 0 amide bonds. The summed E-state index contributed by atoms with van der Waals surface area (Å²) in [6.45, 7) is 4.75. The van der Waals surface area contributed by atoms with E-state index in [4.69, 9.17) is 14.2 Å². The van der Waals surface area contributed by atoms with Crippen molar-refractivity contribution in [2.45, 2.75) is 32.5 Å². The second-order valence-electron chi connectivity index (χ2n) is 5.55. The summed E-state index contributed by atoms with van der Waals surface area (Å²) in [4.78, 5) is 11.8. The minimum absolute atomic E-state index is 0.0891. The zero-order valence-electron chi connectivity index (χ0n) is 12.7. The van der Waals surface area contributed by atoms with Crippen molar-refractivity contribution in [1.29, 1.82) is 0 Å².